The van der Waals surface area contributed by atoms with Gasteiger partial charge in [-0.25, -0.2) is 0 Å². The summed E-state index contributed by atoms with van der Waals surface area (Å²) in [6, 6.07) is 0.548. The average molecular weight is 309 g/mol. The van der Waals surface area contributed by atoms with Gasteiger partial charge in [-0.1, -0.05) is 18.3 Å². The number of nitrogens with zero attached hydrogens (tertiary/aromatic N) is 3. The van der Waals surface area contributed by atoms with Crippen LogP contribution >= 0.6 is 11.3 Å². The SMILES string of the molecule is CCc1nnc(NC(=O)C2CCCN2C2CCNCC2)s1. The molecule has 3 rings (SSSR count). The van der Waals surface area contributed by atoms with Crippen LogP contribution in [0.4, 0.5) is 5.13 Å². The molecule has 0 radical (unpaired) electrons. The highest BCUT2D eigenvalue weighted by atomic mass is 32.1. The molecule has 3 heterocycles. The lowest BCUT2D eigenvalue weighted by atomic mass is 10.0. The second-order valence-electron chi connectivity index (χ2n) is 5.72. The fourth-order valence-electron chi connectivity index (χ4n) is 3.28. The molecule has 0 aliphatic carbocycles. The third-order valence-electron chi connectivity index (χ3n) is 4.37. The monoisotopic (exact) mass is 309 g/mol. The molecule has 2 saturated heterocycles. The van der Waals surface area contributed by atoms with Crippen molar-refractivity contribution in [3.05, 3.63) is 5.01 Å². The first-order valence-electron chi connectivity index (χ1n) is 7.87. The van der Waals surface area contributed by atoms with Gasteiger partial charge in [0, 0.05) is 6.04 Å². The van der Waals surface area contributed by atoms with E-state index < -0.39 is 0 Å². The van der Waals surface area contributed by atoms with Crippen molar-refractivity contribution in [1.29, 1.82) is 0 Å². The topological polar surface area (TPSA) is 70.2 Å². The smallest absolute Gasteiger partial charge is 0.243 e. The average Bonchev–Trinajstić information content (AvgIpc) is 3.17. The van der Waals surface area contributed by atoms with Crippen LogP contribution in [-0.4, -0.2) is 52.7 Å². The Morgan fingerprint density at radius 3 is 2.90 bits per heavy atom. The van der Waals surface area contributed by atoms with E-state index in [1.807, 2.05) is 6.92 Å². The molecule has 2 fully saturated rings. The Morgan fingerprint density at radius 1 is 1.38 bits per heavy atom. The highest BCUT2D eigenvalue weighted by Gasteiger charge is 2.36. The summed E-state index contributed by atoms with van der Waals surface area (Å²) in [5, 5.41) is 16.0. The predicted molar refractivity (Wildman–Crippen MR) is 83.5 cm³/mol. The van der Waals surface area contributed by atoms with Gasteiger partial charge >= 0.3 is 0 Å². The van der Waals surface area contributed by atoms with Crippen molar-refractivity contribution >= 4 is 22.4 Å². The lowest BCUT2D eigenvalue weighted by molar-refractivity contribution is -0.121. The minimum Gasteiger partial charge on any atom is -0.317 e. The fourth-order valence-corrected chi connectivity index (χ4v) is 3.96. The number of anilines is 1. The lowest BCUT2D eigenvalue weighted by Gasteiger charge is -2.34. The van der Waals surface area contributed by atoms with Crippen LogP contribution in [0.5, 0.6) is 0 Å². The number of rotatable bonds is 4. The molecule has 0 bridgehead atoms. The first-order chi connectivity index (χ1) is 10.3. The fraction of sp³-hybridized carbons (Fsp3) is 0.786. The first kappa shape index (κ1) is 14.9. The molecule has 21 heavy (non-hydrogen) atoms. The van der Waals surface area contributed by atoms with Crippen LogP contribution < -0.4 is 10.6 Å². The van der Waals surface area contributed by atoms with E-state index in [-0.39, 0.29) is 11.9 Å². The van der Waals surface area contributed by atoms with Gasteiger partial charge < -0.3 is 5.32 Å². The van der Waals surface area contributed by atoms with E-state index in [1.54, 1.807) is 0 Å². The van der Waals surface area contributed by atoms with Gasteiger partial charge in [-0.3, -0.25) is 15.0 Å². The second-order valence-corrected chi connectivity index (χ2v) is 6.78. The van der Waals surface area contributed by atoms with Crippen LogP contribution in [0, 0.1) is 0 Å². The second kappa shape index (κ2) is 6.81. The molecule has 1 aromatic rings. The van der Waals surface area contributed by atoms with Crippen molar-refractivity contribution in [2.45, 2.75) is 51.1 Å². The summed E-state index contributed by atoms with van der Waals surface area (Å²) in [7, 11) is 0. The summed E-state index contributed by atoms with van der Waals surface area (Å²) in [6.45, 7) is 5.21. The van der Waals surface area contributed by atoms with Gasteiger partial charge in [0.1, 0.15) is 5.01 Å². The van der Waals surface area contributed by atoms with Gasteiger partial charge in [0.05, 0.1) is 6.04 Å². The number of hydrogen-bond donors (Lipinski definition) is 2. The number of hydrogen-bond acceptors (Lipinski definition) is 6. The van der Waals surface area contributed by atoms with Crippen LogP contribution in [0.3, 0.4) is 0 Å². The molecule has 0 aromatic carbocycles. The van der Waals surface area contributed by atoms with Crippen LogP contribution in [0.2, 0.25) is 0 Å². The van der Waals surface area contributed by atoms with Crippen molar-refractivity contribution in [1.82, 2.24) is 20.4 Å². The third-order valence-corrected chi connectivity index (χ3v) is 5.36. The van der Waals surface area contributed by atoms with Crippen LogP contribution in [0.25, 0.3) is 0 Å². The zero-order valence-corrected chi connectivity index (χ0v) is 13.3. The largest absolute Gasteiger partial charge is 0.317 e. The minimum atomic E-state index is 0.00192. The van der Waals surface area contributed by atoms with E-state index in [0.717, 1.165) is 56.7 Å². The third kappa shape index (κ3) is 3.41. The molecule has 2 aliphatic heterocycles. The maximum Gasteiger partial charge on any atom is 0.243 e. The molecule has 1 amide bonds. The first-order valence-corrected chi connectivity index (χ1v) is 8.69. The molecule has 6 nitrogen and oxygen atoms in total. The Morgan fingerprint density at radius 2 is 2.19 bits per heavy atom. The lowest BCUT2D eigenvalue weighted by Crippen LogP contribution is -2.49. The van der Waals surface area contributed by atoms with Crippen molar-refractivity contribution in [2.75, 3.05) is 25.0 Å². The summed E-state index contributed by atoms with van der Waals surface area (Å²) >= 11 is 1.47. The number of aryl methyl sites for hydroxylation is 1. The van der Waals surface area contributed by atoms with Gasteiger partial charge in [-0.2, -0.15) is 0 Å². The number of carbonyl (C=O) groups excluding carboxylic acids is 1. The number of amides is 1. The van der Waals surface area contributed by atoms with E-state index in [0.29, 0.717) is 11.2 Å². The van der Waals surface area contributed by atoms with Crippen molar-refractivity contribution in [2.24, 2.45) is 0 Å². The van der Waals surface area contributed by atoms with Gasteiger partial charge in [0.15, 0.2) is 0 Å². The predicted octanol–water partition coefficient (Wildman–Crippen LogP) is 1.26. The Kier molecular flexibility index (Phi) is 4.82. The van der Waals surface area contributed by atoms with Gasteiger partial charge in [-0.05, 0) is 51.7 Å². The Bertz CT molecular complexity index is 485. The minimum absolute atomic E-state index is 0.00192. The molecule has 0 spiro atoms. The maximum atomic E-state index is 12.5. The van der Waals surface area contributed by atoms with Gasteiger partial charge in [-0.15, -0.1) is 10.2 Å². The molecule has 0 saturated carbocycles. The maximum absolute atomic E-state index is 12.5. The van der Waals surface area contributed by atoms with Crippen molar-refractivity contribution in [3.63, 3.8) is 0 Å². The van der Waals surface area contributed by atoms with Crippen LogP contribution in [0.15, 0.2) is 0 Å². The molecule has 1 unspecified atom stereocenters. The Balaban J connectivity index is 1.62. The van der Waals surface area contributed by atoms with Gasteiger partial charge in [0.2, 0.25) is 11.0 Å². The molecule has 2 aliphatic rings. The Hall–Kier alpha value is -1.05. The van der Waals surface area contributed by atoms with Crippen molar-refractivity contribution in [3.8, 4) is 0 Å². The molecule has 1 atom stereocenters. The number of likely N-dealkylation sites (tertiary alicyclic amines) is 1. The van der Waals surface area contributed by atoms with E-state index in [1.165, 1.54) is 11.3 Å². The zero-order chi connectivity index (χ0) is 14.7. The van der Waals surface area contributed by atoms with E-state index in [4.69, 9.17) is 0 Å². The normalized spacial score (nSPS) is 24.3. The van der Waals surface area contributed by atoms with Crippen LogP contribution in [0.1, 0.15) is 37.6 Å². The molecule has 116 valence electrons. The number of aromatic nitrogens is 2. The van der Waals surface area contributed by atoms with Crippen molar-refractivity contribution < 1.29 is 4.79 Å². The number of nitrogens with one attached hydrogen (secondary N) is 2. The summed E-state index contributed by atoms with van der Waals surface area (Å²) in [4.78, 5) is 14.9. The highest BCUT2D eigenvalue weighted by molar-refractivity contribution is 7.15. The number of carbonyl (C=O) groups is 1. The summed E-state index contributed by atoms with van der Waals surface area (Å²) < 4.78 is 0. The summed E-state index contributed by atoms with van der Waals surface area (Å²) in [5.41, 5.74) is 0. The summed E-state index contributed by atoms with van der Waals surface area (Å²) in [6.07, 6.45) is 5.21. The molecule has 7 heteroatoms. The molecule has 1 aromatic heterocycles. The standard InChI is InChI=1S/C14H23N5OS/c1-2-12-17-18-14(21-12)16-13(20)11-4-3-9-19(11)10-5-7-15-8-6-10/h10-11,15H,2-9H2,1H3,(H,16,18,20). The van der Waals surface area contributed by atoms with E-state index >= 15 is 0 Å². The zero-order valence-electron chi connectivity index (χ0n) is 12.5. The molecular formula is C14H23N5OS. The van der Waals surface area contributed by atoms with E-state index in [9.17, 15) is 4.79 Å². The van der Waals surface area contributed by atoms with E-state index in [2.05, 4.69) is 25.7 Å². The quantitative estimate of drug-likeness (QED) is 0.876. The number of piperidine rings is 1. The van der Waals surface area contributed by atoms with Crippen LogP contribution in [-0.2, 0) is 11.2 Å². The molecule has 2 N–H and O–H groups in total. The highest BCUT2D eigenvalue weighted by Crippen LogP contribution is 2.26. The summed E-state index contributed by atoms with van der Waals surface area (Å²) in [5.74, 6) is 0.0878. The van der Waals surface area contributed by atoms with Gasteiger partial charge in [0.25, 0.3) is 0 Å². The molecular weight excluding hydrogens is 286 g/mol. The Labute approximate surface area is 129 Å².